The van der Waals surface area contributed by atoms with Crippen molar-refractivity contribution in [2.45, 2.75) is 13.8 Å². The highest BCUT2D eigenvalue weighted by molar-refractivity contribution is 8.18. The lowest BCUT2D eigenvalue weighted by atomic mass is 10.1. The Morgan fingerprint density at radius 3 is 2.66 bits per heavy atom. The summed E-state index contributed by atoms with van der Waals surface area (Å²) < 4.78 is 15.7. The Labute approximate surface area is 211 Å². The van der Waals surface area contributed by atoms with Gasteiger partial charge in [-0.2, -0.15) is 0 Å². The Balaban J connectivity index is 1.72. The zero-order chi connectivity index (χ0) is 25.5. The number of carbonyl (C=O) groups excluding carboxylic acids is 4. The van der Waals surface area contributed by atoms with Gasteiger partial charge in [0.05, 0.1) is 23.6 Å². The molecule has 1 aliphatic heterocycles. The Morgan fingerprint density at radius 2 is 1.97 bits per heavy atom. The molecule has 2 aromatic rings. The minimum atomic E-state index is -0.672. The lowest BCUT2D eigenvalue weighted by molar-refractivity contribution is -0.146. The quantitative estimate of drug-likeness (QED) is 0.387. The summed E-state index contributed by atoms with van der Waals surface area (Å²) in [6.45, 7) is 2.92. The van der Waals surface area contributed by atoms with Crippen LogP contribution in [-0.2, 0) is 19.1 Å². The van der Waals surface area contributed by atoms with Gasteiger partial charge in [-0.3, -0.25) is 24.1 Å². The number of hydrogen-bond acceptors (Lipinski definition) is 8. The van der Waals surface area contributed by atoms with Crippen LogP contribution >= 0.6 is 23.4 Å². The van der Waals surface area contributed by atoms with Gasteiger partial charge >= 0.3 is 5.97 Å². The number of nitrogens with one attached hydrogen (secondary N) is 1. The van der Waals surface area contributed by atoms with Gasteiger partial charge in [0, 0.05) is 5.69 Å². The van der Waals surface area contributed by atoms with Gasteiger partial charge in [-0.1, -0.05) is 23.7 Å². The molecular weight excluding hydrogens is 496 g/mol. The van der Waals surface area contributed by atoms with Crippen molar-refractivity contribution in [3.8, 4) is 11.5 Å². The molecule has 0 bridgehead atoms. The average Bonchev–Trinajstić information content (AvgIpc) is 3.05. The predicted octanol–water partition coefficient (Wildman–Crippen LogP) is 4.27. The minimum Gasteiger partial charge on any atom is -0.493 e. The molecule has 184 valence electrons. The number of aryl methyl sites for hydroxylation is 1. The number of ether oxygens (including phenoxy) is 3. The van der Waals surface area contributed by atoms with Crippen molar-refractivity contribution in [3.05, 3.63) is 57.5 Å². The van der Waals surface area contributed by atoms with E-state index < -0.39 is 23.7 Å². The molecule has 2 aromatic carbocycles. The highest BCUT2D eigenvalue weighted by Crippen LogP contribution is 2.39. The van der Waals surface area contributed by atoms with Crippen LogP contribution in [0.1, 0.15) is 18.1 Å². The largest absolute Gasteiger partial charge is 0.493 e. The second kappa shape index (κ2) is 11.8. The van der Waals surface area contributed by atoms with Crippen molar-refractivity contribution in [3.63, 3.8) is 0 Å². The maximum atomic E-state index is 12.6. The number of nitrogens with zero attached hydrogens (tertiary/aromatic N) is 1. The second-order valence-corrected chi connectivity index (χ2v) is 8.71. The molecule has 0 aliphatic carbocycles. The molecule has 1 aliphatic rings. The number of anilines is 1. The highest BCUT2D eigenvalue weighted by atomic mass is 35.5. The van der Waals surface area contributed by atoms with Gasteiger partial charge in [-0.05, 0) is 67.1 Å². The zero-order valence-electron chi connectivity index (χ0n) is 19.3. The van der Waals surface area contributed by atoms with Crippen LogP contribution in [0.25, 0.3) is 6.08 Å². The van der Waals surface area contributed by atoms with Gasteiger partial charge < -0.3 is 19.5 Å². The fraction of sp³-hybridized carbons (Fsp3) is 0.250. The topological polar surface area (TPSA) is 111 Å². The van der Waals surface area contributed by atoms with E-state index in [1.165, 1.54) is 19.3 Å². The van der Waals surface area contributed by atoms with E-state index in [1.54, 1.807) is 19.1 Å². The van der Waals surface area contributed by atoms with Crippen LogP contribution in [0.3, 0.4) is 0 Å². The fourth-order valence-corrected chi connectivity index (χ4v) is 4.26. The third-order valence-corrected chi connectivity index (χ3v) is 5.85. The summed E-state index contributed by atoms with van der Waals surface area (Å²) in [5.74, 6) is -1.28. The summed E-state index contributed by atoms with van der Waals surface area (Å²) in [7, 11) is 1.41. The SMILES string of the molecule is CCOC(=O)CN1C(=O)S/C(=C\c2cc(Cl)c(OCC(=O)Nc3cccc(C)c3)c(OC)c2)C1=O. The first-order valence-electron chi connectivity index (χ1n) is 10.5. The van der Waals surface area contributed by atoms with E-state index >= 15 is 0 Å². The summed E-state index contributed by atoms with van der Waals surface area (Å²) in [5, 5.41) is 2.30. The Bertz CT molecular complexity index is 1200. The molecule has 0 saturated carbocycles. The molecule has 1 fully saturated rings. The number of halogens is 1. The van der Waals surface area contributed by atoms with Crippen molar-refractivity contribution in [2.24, 2.45) is 0 Å². The molecule has 1 N–H and O–H groups in total. The molecule has 0 aromatic heterocycles. The normalized spacial score (nSPS) is 14.3. The summed E-state index contributed by atoms with van der Waals surface area (Å²) in [6, 6.07) is 10.4. The van der Waals surface area contributed by atoms with Crippen LogP contribution in [-0.4, -0.2) is 54.8 Å². The predicted molar refractivity (Wildman–Crippen MR) is 133 cm³/mol. The third kappa shape index (κ3) is 6.77. The number of carbonyl (C=O) groups is 4. The van der Waals surface area contributed by atoms with Gasteiger partial charge in [-0.25, -0.2) is 0 Å². The molecule has 0 spiro atoms. The molecule has 0 radical (unpaired) electrons. The van der Waals surface area contributed by atoms with Gasteiger partial charge in [-0.15, -0.1) is 0 Å². The van der Waals surface area contributed by atoms with Crippen LogP contribution in [0.2, 0.25) is 5.02 Å². The lowest BCUT2D eigenvalue weighted by Gasteiger charge is -2.14. The monoisotopic (exact) mass is 518 g/mol. The highest BCUT2D eigenvalue weighted by Gasteiger charge is 2.36. The smallest absolute Gasteiger partial charge is 0.326 e. The molecule has 9 nitrogen and oxygen atoms in total. The van der Waals surface area contributed by atoms with Crippen LogP contribution in [0.15, 0.2) is 41.3 Å². The van der Waals surface area contributed by atoms with Crippen molar-refractivity contribution in [2.75, 3.05) is 32.2 Å². The summed E-state index contributed by atoms with van der Waals surface area (Å²) in [4.78, 5) is 49.7. The number of methoxy groups -OCH3 is 1. The molecule has 0 atom stereocenters. The van der Waals surface area contributed by atoms with E-state index in [-0.39, 0.29) is 40.5 Å². The van der Waals surface area contributed by atoms with E-state index in [4.69, 9.17) is 25.8 Å². The van der Waals surface area contributed by atoms with E-state index in [2.05, 4.69) is 5.32 Å². The van der Waals surface area contributed by atoms with E-state index in [0.29, 0.717) is 23.0 Å². The third-order valence-electron chi connectivity index (χ3n) is 4.67. The molecule has 0 unspecified atom stereocenters. The van der Waals surface area contributed by atoms with Crippen molar-refractivity contribution < 1.29 is 33.4 Å². The average molecular weight is 519 g/mol. The zero-order valence-corrected chi connectivity index (χ0v) is 20.8. The first kappa shape index (κ1) is 26.1. The van der Waals surface area contributed by atoms with Crippen molar-refractivity contribution in [1.29, 1.82) is 0 Å². The lowest BCUT2D eigenvalue weighted by Crippen LogP contribution is -2.34. The van der Waals surface area contributed by atoms with Crippen molar-refractivity contribution in [1.82, 2.24) is 4.90 Å². The fourth-order valence-electron chi connectivity index (χ4n) is 3.14. The van der Waals surface area contributed by atoms with Gasteiger partial charge in [0.25, 0.3) is 17.1 Å². The minimum absolute atomic E-state index is 0.114. The Kier molecular flexibility index (Phi) is 8.78. The van der Waals surface area contributed by atoms with E-state index in [9.17, 15) is 19.2 Å². The van der Waals surface area contributed by atoms with Gasteiger partial charge in [0.15, 0.2) is 18.1 Å². The Morgan fingerprint density at radius 1 is 1.20 bits per heavy atom. The number of thioether (sulfide) groups is 1. The van der Waals surface area contributed by atoms with Crippen LogP contribution in [0.5, 0.6) is 11.5 Å². The second-order valence-electron chi connectivity index (χ2n) is 7.31. The maximum Gasteiger partial charge on any atom is 0.326 e. The first-order chi connectivity index (χ1) is 16.7. The molecule has 1 heterocycles. The summed E-state index contributed by atoms with van der Waals surface area (Å²) >= 11 is 7.06. The molecular formula is C24H23ClN2O7S. The van der Waals surface area contributed by atoms with E-state index in [1.807, 2.05) is 25.1 Å². The molecule has 1 saturated heterocycles. The van der Waals surface area contributed by atoms with Crippen molar-refractivity contribution >= 4 is 58.1 Å². The first-order valence-corrected chi connectivity index (χ1v) is 11.7. The molecule has 35 heavy (non-hydrogen) atoms. The van der Waals surface area contributed by atoms with Crippen LogP contribution in [0.4, 0.5) is 10.5 Å². The number of amides is 3. The van der Waals surface area contributed by atoms with E-state index in [0.717, 1.165) is 10.5 Å². The summed E-state index contributed by atoms with van der Waals surface area (Å²) in [5.41, 5.74) is 2.11. The summed E-state index contributed by atoms with van der Waals surface area (Å²) in [6.07, 6.45) is 1.46. The van der Waals surface area contributed by atoms with Gasteiger partial charge in [0.1, 0.15) is 6.54 Å². The maximum absolute atomic E-state index is 12.6. The number of rotatable bonds is 9. The molecule has 11 heteroatoms. The number of imide groups is 1. The molecule has 3 amide bonds. The van der Waals surface area contributed by atoms with Crippen LogP contribution < -0.4 is 14.8 Å². The molecule has 3 rings (SSSR count). The van der Waals surface area contributed by atoms with Crippen LogP contribution in [0, 0.1) is 6.92 Å². The van der Waals surface area contributed by atoms with Gasteiger partial charge in [0.2, 0.25) is 0 Å². The number of hydrogen-bond donors (Lipinski definition) is 1. The number of benzene rings is 2. The standard InChI is InChI=1S/C24H23ClN2O7S/c1-4-33-21(29)12-27-23(30)19(35-24(27)31)11-15-9-17(25)22(18(10-15)32-3)34-13-20(28)26-16-7-5-6-14(2)8-16/h5-11H,4,12-13H2,1-3H3,(H,26,28)/b19-11-. The number of esters is 1. The Hall–Kier alpha value is -3.50.